The molecule has 0 saturated carbocycles. The van der Waals surface area contributed by atoms with Gasteiger partial charge in [0.15, 0.2) is 11.2 Å². The van der Waals surface area contributed by atoms with Crippen LogP contribution in [0.3, 0.4) is 0 Å². The maximum Gasteiger partial charge on any atom is 0.159 e. The van der Waals surface area contributed by atoms with Crippen LogP contribution in [-0.2, 0) is 10.8 Å². The molecule has 5 aromatic heterocycles. The van der Waals surface area contributed by atoms with E-state index in [1.54, 1.807) is 0 Å². The van der Waals surface area contributed by atoms with Gasteiger partial charge in [-0.2, -0.15) is 0 Å². The van der Waals surface area contributed by atoms with Crippen molar-refractivity contribution in [3.63, 3.8) is 0 Å². The van der Waals surface area contributed by atoms with Crippen LogP contribution < -0.4 is 9.80 Å². The van der Waals surface area contributed by atoms with Crippen LogP contribution in [0.5, 0.6) is 0 Å². The van der Waals surface area contributed by atoms with Crippen LogP contribution >= 0.6 is 0 Å². The van der Waals surface area contributed by atoms with E-state index in [2.05, 4.69) is 280 Å². The van der Waals surface area contributed by atoms with Crippen molar-refractivity contribution in [2.45, 2.75) is 64.2 Å². The van der Waals surface area contributed by atoms with Crippen molar-refractivity contribution < 1.29 is 13.3 Å². The first-order valence-electron chi connectivity index (χ1n) is 34.9. The molecule has 0 fully saturated rings. The van der Waals surface area contributed by atoms with Gasteiger partial charge < -0.3 is 23.1 Å². The van der Waals surface area contributed by atoms with Crippen LogP contribution in [0.1, 0.15) is 75.6 Å². The van der Waals surface area contributed by atoms with E-state index in [1.807, 2.05) is 36.7 Å². The highest BCUT2D eigenvalue weighted by atomic mass is 16.3. The highest BCUT2D eigenvalue weighted by molar-refractivity contribution is 6.29. The number of para-hydroxylation sites is 2. The largest absolute Gasteiger partial charge is 0.456 e. The highest BCUT2D eigenvalue weighted by Gasteiger charge is 2.43. The van der Waals surface area contributed by atoms with Crippen LogP contribution in [0.2, 0.25) is 0 Å². The van der Waals surface area contributed by atoms with Crippen LogP contribution in [0.15, 0.2) is 293 Å². The minimum atomic E-state index is -0.135. The molecule has 7 nitrogen and oxygen atoms in total. The molecule has 18 aromatic rings. The van der Waals surface area contributed by atoms with Gasteiger partial charge in [-0.25, -0.2) is 0 Å². The highest BCUT2D eigenvalue weighted by Crippen LogP contribution is 2.58. The summed E-state index contributed by atoms with van der Waals surface area (Å²) in [6.45, 7) is 9.38. The van der Waals surface area contributed by atoms with Crippen LogP contribution in [0.25, 0.3) is 143 Å². The Labute approximate surface area is 572 Å². The molecule has 2 aliphatic rings. The van der Waals surface area contributed by atoms with Gasteiger partial charge >= 0.3 is 0 Å². The van der Waals surface area contributed by atoms with Gasteiger partial charge in [0.05, 0.1) is 22.8 Å². The number of anilines is 6. The molecule has 20 rings (SSSR count). The summed E-state index contributed by atoms with van der Waals surface area (Å²) in [4.78, 5) is 14.3. The molecule has 7 heteroatoms. The molecule has 2 aliphatic carbocycles. The summed E-state index contributed by atoms with van der Waals surface area (Å²) in [7, 11) is 0. The summed E-state index contributed by atoms with van der Waals surface area (Å²) in [5.41, 5.74) is 25.5. The second-order valence-electron chi connectivity index (χ2n) is 27.1. The molecule has 472 valence electrons. The zero-order valence-electron chi connectivity index (χ0n) is 55.4. The number of pyridine rings is 2. The minimum absolute atomic E-state index is 0.134. The van der Waals surface area contributed by atoms with E-state index in [0.717, 1.165) is 170 Å². The summed E-state index contributed by atoms with van der Waals surface area (Å²) in [6, 6.07) is 97.8. The fourth-order valence-corrected chi connectivity index (χ4v) is 17.8. The van der Waals surface area contributed by atoms with Crippen molar-refractivity contribution >= 4 is 132 Å². The van der Waals surface area contributed by atoms with Gasteiger partial charge in [0.1, 0.15) is 22.3 Å². The topological polar surface area (TPSA) is 71.7 Å². The predicted molar refractivity (Wildman–Crippen MR) is 410 cm³/mol. The van der Waals surface area contributed by atoms with E-state index >= 15 is 0 Å². The zero-order valence-corrected chi connectivity index (χ0v) is 55.4. The van der Waals surface area contributed by atoms with Crippen molar-refractivity contribution in [1.29, 1.82) is 0 Å². The van der Waals surface area contributed by atoms with Crippen LogP contribution in [0.4, 0.5) is 34.1 Å². The molecular formula is C92H66N4O3. The van der Waals surface area contributed by atoms with Crippen LogP contribution in [0, 0.1) is 0 Å². The number of furan rings is 3. The predicted octanol–water partition coefficient (Wildman–Crippen LogP) is 26.1. The van der Waals surface area contributed by atoms with Gasteiger partial charge in [-0.05, 0) is 242 Å². The molecule has 0 aliphatic heterocycles. The molecular weight excluding hydrogens is 1210 g/mol. The number of hydrogen-bond acceptors (Lipinski definition) is 7. The lowest BCUT2D eigenvalue weighted by atomic mass is 9.74. The monoisotopic (exact) mass is 1270 g/mol. The Bertz CT molecular complexity index is 6390. The standard InChI is InChI=1S/C92H66N4O3/c1-5-91(6-2)77-27-13-11-23-64(77)66-40-36-59(51-79(66)91)95(83-31-19-25-68-73-47-55(81-29-15-17-45-93-81)33-42-86(73)98-89(68)83)57-35-39-63-70(49-57)61-21-9-10-22-62(61)71-53-76-75-50-58(38-44-85(75)97-88(76)54-72(63)71)96(60-37-41-67-65-24-12-14-28-78(65)92(7-3,8-4)80(67)52-60)84-32-20-26-69-74-48-56(82-30-16-18-46-94-82)34-43-87(74)99-90(69)84/h9-54H,5-8H2,1-4H3. The van der Waals surface area contributed by atoms with Gasteiger partial charge in [0.2, 0.25) is 0 Å². The molecule has 13 aromatic carbocycles. The Morgan fingerprint density at radius 1 is 0.273 bits per heavy atom. The zero-order chi connectivity index (χ0) is 65.8. The molecule has 0 radical (unpaired) electrons. The minimum Gasteiger partial charge on any atom is -0.456 e. The first kappa shape index (κ1) is 57.2. The molecule has 0 N–H and O–H groups in total. The van der Waals surface area contributed by atoms with E-state index in [-0.39, 0.29) is 10.8 Å². The quantitative estimate of drug-likeness (QED) is 0.113. The van der Waals surface area contributed by atoms with Crippen molar-refractivity contribution in [3.8, 4) is 44.8 Å². The van der Waals surface area contributed by atoms with Gasteiger partial charge in [-0.3, -0.25) is 9.97 Å². The summed E-state index contributed by atoms with van der Waals surface area (Å²) in [6.07, 6.45) is 7.65. The van der Waals surface area contributed by atoms with E-state index in [0.29, 0.717) is 0 Å². The number of benzene rings is 13. The molecule has 5 heterocycles. The van der Waals surface area contributed by atoms with Crippen molar-refractivity contribution in [2.24, 2.45) is 0 Å². The second kappa shape index (κ2) is 21.7. The van der Waals surface area contributed by atoms with Crippen molar-refractivity contribution in [3.05, 3.63) is 302 Å². The lowest BCUT2D eigenvalue weighted by Gasteiger charge is -2.32. The SMILES string of the molecule is CCC1(CC)c2ccccc2-c2ccc(N(c3ccc4oc5cc6c7ccc(N(c8ccc9c(c8)C(CC)(CC)c8ccccc8-9)c8cccc9c8oc8ccc(-c%10ccccn%10)cc89)cc7c7ccccc7c6cc5c4c3)c3cccc4c3oc3ccc(-c5ccccn5)cc34)cc21. The Morgan fingerprint density at radius 2 is 0.667 bits per heavy atom. The van der Waals surface area contributed by atoms with E-state index in [9.17, 15) is 0 Å². The van der Waals surface area contributed by atoms with Crippen LogP contribution in [-0.4, -0.2) is 9.97 Å². The number of hydrogen-bond donors (Lipinski definition) is 0. The Balaban J connectivity index is 0.771. The Kier molecular flexibility index (Phi) is 12.6. The summed E-state index contributed by atoms with van der Waals surface area (Å²) >= 11 is 0. The lowest BCUT2D eigenvalue weighted by molar-refractivity contribution is 0.490. The van der Waals surface area contributed by atoms with Gasteiger partial charge in [0, 0.05) is 89.4 Å². The average Bonchev–Trinajstić information content (AvgIpc) is 1.67. The molecule has 0 atom stereocenters. The molecule has 0 spiro atoms. The number of rotatable bonds is 12. The lowest BCUT2D eigenvalue weighted by Crippen LogP contribution is -2.23. The maximum atomic E-state index is 7.08. The summed E-state index contributed by atoms with van der Waals surface area (Å²) in [5, 5.41) is 13.2. The third-order valence-corrected chi connectivity index (χ3v) is 22.7. The number of nitrogens with zero attached hydrogens (tertiary/aromatic N) is 4. The average molecular weight is 1280 g/mol. The number of aromatic nitrogens is 2. The molecule has 0 amide bonds. The first-order valence-corrected chi connectivity index (χ1v) is 34.9. The Morgan fingerprint density at radius 3 is 1.19 bits per heavy atom. The number of fused-ring (bicyclic) bond motifs is 21. The van der Waals surface area contributed by atoms with Crippen molar-refractivity contribution in [1.82, 2.24) is 9.97 Å². The van der Waals surface area contributed by atoms with Crippen molar-refractivity contribution in [2.75, 3.05) is 9.80 Å². The van der Waals surface area contributed by atoms with Gasteiger partial charge in [-0.15, -0.1) is 0 Å². The molecule has 0 saturated heterocycles. The van der Waals surface area contributed by atoms with Gasteiger partial charge in [-0.1, -0.05) is 155 Å². The molecule has 0 unspecified atom stereocenters. The maximum absolute atomic E-state index is 7.08. The fraction of sp³-hybridized carbons (Fsp3) is 0.109. The fourth-order valence-electron chi connectivity index (χ4n) is 17.8. The Hall–Kier alpha value is -12.1. The molecule has 0 bridgehead atoms. The third-order valence-electron chi connectivity index (χ3n) is 22.7. The normalized spacial score (nSPS) is 13.6. The third kappa shape index (κ3) is 8.25. The summed E-state index contributed by atoms with van der Waals surface area (Å²) < 4.78 is 21.2. The molecule has 99 heavy (non-hydrogen) atoms. The van der Waals surface area contributed by atoms with Gasteiger partial charge in [0.25, 0.3) is 0 Å². The smallest absolute Gasteiger partial charge is 0.159 e. The van der Waals surface area contributed by atoms with E-state index < -0.39 is 0 Å². The second-order valence-corrected chi connectivity index (χ2v) is 27.1. The first-order chi connectivity index (χ1) is 48.8. The van der Waals surface area contributed by atoms with E-state index in [4.69, 9.17) is 23.2 Å². The summed E-state index contributed by atoms with van der Waals surface area (Å²) in [5.74, 6) is 0. The van der Waals surface area contributed by atoms with E-state index in [1.165, 1.54) is 55.3 Å².